The highest BCUT2D eigenvalue weighted by molar-refractivity contribution is 7.13. The van der Waals surface area contributed by atoms with Crippen molar-refractivity contribution in [1.29, 1.82) is 0 Å². The van der Waals surface area contributed by atoms with Crippen LogP contribution < -0.4 is 5.32 Å². The Kier molecular flexibility index (Phi) is 6.31. The average Bonchev–Trinajstić information content (AvgIpc) is 3.17. The molecule has 0 unspecified atom stereocenters. The Bertz CT molecular complexity index is 630. The zero-order valence-corrected chi connectivity index (χ0v) is 16.3. The molecule has 26 heavy (non-hydrogen) atoms. The molecule has 0 bridgehead atoms. The number of amides is 2. The van der Waals surface area contributed by atoms with Gasteiger partial charge in [0.2, 0.25) is 0 Å². The molecule has 9 heteroatoms. The van der Waals surface area contributed by atoms with Crippen LogP contribution in [0.1, 0.15) is 30.3 Å². The third-order valence-corrected chi connectivity index (χ3v) is 5.84. The quantitative estimate of drug-likeness (QED) is 0.853. The Hall–Kier alpha value is -1.87. The highest BCUT2D eigenvalue weighted by Crippen LogP contribution is 2.21. The lowest BCUT2D eigenvalue weighted by Crippen LogP contribution is -2.56. The predicted octanol–water partition coefficient (Wildman–Crippen LogP) is 1.56. The molecule has 8 nitrogen and oxygen atoms in total. The Labute approximate surface area is 158 Å². The van der Waals surface area contributed by atoms with Crippen molar-refractivity contribution in [3.63, 3.8) is 0 Å². The van der Waals surface area contributed by atoms with E-state index in [0.717, 1.165) is 44.2 Å². The molecular weight excluding hydrogens is 354 g/mol. The van der Waals surface area contributed by atoms with Crippen molar-refractivity contribution in [3.05, 3.63) is 11.1 Å². The van der Waals surface area contributed by atoms with Crippen molar-refractivity contribution in [2.45, 2.75) is 25.8 Å². The summed E-state index contributed by atoms with van der Waals surface area (Å²) in [7, 11) is 1.81. The van der Waals surface area contributed by atoms with E-state index in [4.69, 9.17) is 4.74 Å². The number of carbonyl (C=O) groups is 2. The molecule has 0 aromatic carbocycles. The Morgan fingerprint density at radius 1 is 1.27 bits per heavy atom. The van der Waals surface area contributed by atoms with Crippen LogP contribution in [-0.2, 0) is 4.74 Å². The molecule has 144 valence electrons. The standard InChI is InChI=1S/C17H27N5O3S/c1-3-25-17(24)21-9-7-20(8-10-21)13-5-4-6-22(11-13)15(23)14-12-26-16(18-2)19-14/h12-13H,3-11H2,1-2H3,(H,18,19)/t13-/m1/s1. The minimum atomic E-state index is -0.225. The monoisotopic (exact) mass is 381 g/mol. The minimum Gasteiger partial charge on any atom is -0.450 e. The van der Waals surface area contributed by atoms with Crippen LogP contribution in [0.2, 0.25) is 0 Å². The zero-order valence-electron chi connectivity index (χ0n) is 15.4. The summed E-state index contributed by atoms with van der Waals surface area (Å²) in [5.41, 5.74) is 0.520. The minimum absolute atomic E-state index is 0.0117. The fourth-order valence-electron chi connectivity index (χ4n) is 3.57. The number of ether oxygens (including phenoxy) is 1. The van der Waals surface area contributed by atoms with Gasteiger partial charge in [-0.05, 0) is 19.8 Å². The van der Waals surface area contributed by atoms with E-state index in [-0.39, 0.29) is 12.0 Å². The fourth-order valence-corrected chi connectivity index (χ4v) is 4.22. The lowest BCUT2D eigenvalue weighted by atomic mass is 10.0. The molecule has 3 rings (SSSR count). The number of anilines is 1. The summed E-state index contributed by atoms with van der Waals surface area (Å²) in [5.74, 6) is 0.0117. The molecule has 2 aliphatic heterocycles. The first-order chi connectivity index (χ1) is 12.6. The van der Waals surface area contributed by atoms with Crippen LogP contribution in [0.4, 0.5) is 9.93 Å². The van der Waals surface area contributed by atoms with E-state index in [1.165, 1.54) is 11.3 Å². The summed E-state index contributed by atoms with van der Waals surface area (Å²) in [4.78, 5) is 35.0. The smallest absolute Gasteiger partial charge is 0.409 e. The molecule has 2 fully saturated rings. The van der Waals surface area contributed by atoms with Crippen LogP contribution in [-0.4, -0.2) is 90.6 Å². The molecule has 1 aromatic rings. The van der Waals surface area contributed by atoms with Gasteiger partial charge in [-0.2, -0.15) is 0 Å². The molecule has 3 heterocycles. The number of piperidine rings is 1. The number of hydrogen-bond donors (Lipinski definition) is 1. The second kappa shape index (κ2) is 8.68. The van der Waals surface area contributed by atoms with Gasteiger partial charge in [0, 0.05) is 57.7 Å². The van der Waals surface area contributed by atoms with Gasteiger partial charge in [0.1, 0.15) is 5.69 Å². The first kappa shape index (κ1) is 18.9. The Morgan fingerprint density at radius 3 is 2.69 bits per heavy atom. The summed E-state index contributed by atoms with van der Waals surface area (Å²) < 4.78 is 5.08. The van der Waals surface area contributed by atoms with Crippen molar-refractivity contribution in [2.75, 3.05) is 58.2 Å². The van der Waals surface area contributed by atoms with E-state index in [9.17, 15) is 9.59 Å². The lowest BCUT2D eigenvalue weighted by molar-refractivity contribution is 0.0376. The molecule has 0 radical (unpaired) electrons. The largest absolute Gasteiger partial charge is 0.450 e. The first-order valence-electron chi connectivity index (χ1n) is 9.20. The number of thiazole rings is 1. The number of likely N-dealkylation sites (tertiary alicyclic amines) is 1. The fraction of sp³-hybridized carbons (Fsp3) is 0.706. The number of rotatable bonds is 4. The molecule has 1 atom stereocenters. The van der Waals surface area contributed by atoms with E-state index in [0.29, 0.717) is 31.4 Å². The van der Waals surface area contributed by atoms with Gasteiger partial charge in [0.05, 0.1) is 6.61 Å². The molecule has 1 aromatic heterocycles. The van der Waals surface area contributed by atoms with Gasteiger partial charge in [-0.15, -0.1) is 11.3 Å². The normalized spacial score (nSPS) is 21.5. The summed E-state index contributed by atoms with van der Waals surface area (Å²) in [6.07, 6.45) is 1.86. The Balaban J connectivity index is 1.54. The lowest BCUT2D eigenvalue weighted by Gasteiger charge is -2.42. The molecular formula is C17H27N5O3S. The predicted molar refractivity (Wildman–Crippen MR) is 101 cm³/mol. The van der Waals surface area contributed by atoms with Gasteiger partial charge >= 0.3 is 6.09 Å². The van der Waals surface area contributed by atoms with E-state index in [1.807, 2.05) is 17.2 Å². The van der Waals surface area contributed by atoms with Gasteiger partial charge < -0.3 is 19.9 Å². The maximum atomic E-state index is 12.7. The number of hydrogen-bond acceptors (Lipinski definition) is 7. The van der Waals surface area contributed by atoms with Gasteiger partial charge in [0.15, 0.2) is 5.13 Å². The molecule has 0 aliphatic carbocycles. The molecule has 0 saturated carbocycles. The van der Waals surface area contributed by atoms with Crippen LogP contribution in [0.25, 0.3) is 0 Å². The second-order valence-corrected chi connectivity index (χ2v) is 7.42. The number of nitrogens with one attached hydrogen (secondary N) is 1. The van der Waals surface area contributed by atoms with Gasteiger partial charge in [-0.3, -0.25) is 9.69 Å². The van der Waals surface area contributed by atoms with Crippen LogP contribution in [0, 0.1) is 0 Å². The molecule has 1 N–H and O–H groups in total. The maximum absolute atomic E-state index is 12.7. The number of aromatic nitrogens is 1. The van der Waals surface area contributed by atoms with Crippen molar-refractivity contribution < 1.29 is 14.3 Å². The van der Waals surface area contributed by atoms with Crippen molar-refractivity contribution >= 4 is 28.5 Å². The number of nitrogens with zero attached hydrogens (tertiary/aromatic N) is 4. The van der Waals surface area contributed by atoms with Crippen molar-refractivity contribution in [1.82, 2.24) is 19.7 Å². The number of piperazine rings is 1. The average molecular weight is 382 g/mol. The van der Waals surface area contributed by atoms with Crippen LogP contribution in [0.15, 0.2) is 5.38 Å². The SMILES string of the molecule is CCOC(=O)N1CCN([C@@H]2CCCN(C(=O)c3csc(NC)n3)C2)CC1. The third kappa shape index (κ3) is 4.27. The molecule has 2 amide bonds. The molecule has 2 aliphatic rings. The van der Waals surface area contributed by atoms with Crippen molar-refractivity contribution in [3.8, 4) is 0 Å². The molecule has 0 spiro atoms. The van der Waals surface area contributed by atoms with Crippen LogP contribution in [0.3, 0.4) is 0 Å². The Morgan fingerprint density at radius 2 is 2.04 bits per heavy atom. The summed E-state index contributed by atoms with van der Waals surface area (Å²) in [6, 6.07) is 0.347. The van der Waals surface area contributed by atoms with Gasteiger partial charge in [0.25, 0.3) is 5.91 Å². The first-order valence-corrected chi connectivity index (χ1v) is 10.1. The molecule has 2 saturated heterocycles. The topological polar surface area (TPSA) is 78.0 Å². The highest BCUT2D eigenvalue weighted by atomic mass is 32.1. The highest BCUT2D eigenvalue weighted by Gasteiger charge is 2.32. The van der Waals surface area contributed by atoms with Crippen LogP contribution in [0.5, 0.6) is 0 Å². The van der Waals surface area contributed by atoms with Crippen LogP contribution >= 0.6 is 11.3 Å². The summed E-state index contributed by atoms with van der Waals surface area (Å²) >= 11 is 1.45. The number of carbonyl (C=O) groups excluding carboxylic acids is 2. The van der Waals surface area contributed by atoms with Crippen molar-refractivity contribution in [2.24, 2.45) is 0 Å². The maximum Gasteiger partial charge on any atom is 0.409 e. The summed E-state index contributed by atoms with van der Waals surface area (Å²) in [6.45, 7) is 6.75. The third-order valence-electron chi connectivity index (χ3n) is 4.98. The van der Waals surface area contributed by atoms with E-state index >= 15 is 0 Å². The second-order valence-electron chi connectivity index (χ2n) is 6.56. The van der Waals surface area contributed by atoms with Gasteiger partial charge in [-0.1, -0.05) is 0 Å². The zero-order chi connectivity index (χ0) is 18.5. The van der Waals surface area contributed by atoms with E-state index < -0.39 is 0 Å². The summed E-state index contributed by atoms with van der Waals surface area (Å²) in [5, 5.41) is 5.55. The van der Waals surface area contributed by atoms with E-state index in [2.05, 4.69) is 15.2 Å². The van der Waals surface area contributed by atoms with Gasteiger partial charge in [-0.25, -0.2) is 9.78 Å². The van der Waals surface area contributed by atoms with E-state index in [1.54, 1.807) is 11.9 Å².